The number of rotatable bonds is 5. The van der Waals surface area contributed by atoms with E-state index < -0.39 is 6.29 Å². The molecule has 0 aromatic heterocycles. The molecule has 0 amide bonds. The van der Waals surface area contributed by atoms with Crippen molar-refractivity contribution in [1.82, 2.24) is 4.90 Å². The maximum Gasteiger partial charge on any atom is 0.222 e. The van der Waals surface area contributed by atoms with Gasteiger partial charge in [-0.05, 0) is 36.4 Å². The highest BCUT2D eigenvalue weighted by Crippen LogP contribution is 2.36. The molecule has 2 aromatic rings. The maximum absolute atomic E-state index is 6.36. The number of hydrogen-bond acceptors (Lipinski definition) is 9. The van der Waals surface area contributed by atoms with Crippen LogP contribution in [0.25, 0.3) is 0 Å². The second-order valence-electron chi connectivity index (χ2n) is 7.05. The fraction of sp³-hybridized carbons (Fsp3) is 0.333. The summed E-state index contributed by atoms with van der Waals surface area (Å²) in [6.45, 7) is 2.46. The zero-order valence-corrected chi connectivity index (χ0v) is 19.2. The van der Waals surface area contributed by atoms with Gasteiger partial charge in [0.15, 0.2) is 0 Å². The minimum atomic E-state index is -0.676. The topological polar surface area (TPSA) is 96.9 Å². The molecule has 0 bridgehead atoms. The molecule has 0 saturated carbocycles. The summed E-state index contributed by atoms with van der Waals surface area (Å²) in [5.74, 6) is 1.97. The van der Waals surface area contributed by atoms with Crippen molar-refractivity contribution in [3.63, 3.8) is 0 Å². The number of nitrogens with one attached hydrogen (secondary N) is 1. The fourth-order valence-corrected chi connectivity index (χ4v) is 3.92. The van der Waals surface area contributed by atoms with Crippen LogP contribution in [0.2, 0.25) is 10.0 Å². The van der Waals surface area contributed by atoms with Gasteiger partial charge in [0.1, 0.15) is 11.5 Å². The Morgan fingerprint density at radius 1 is 1.03 bits per heavy atom. The molecule has 32 heavy (non-hydrogen) atoms. The van der Waals surface area contributed by atoms with E-state index in [4.69, 9.17) is 43.1 Å². The molecular weight excluding hydrogens is 455 g/mol. The van der Waals surface area contributed by atoms with Crippen LogP contribution >= 0.6 is 23.2 Å². The van der Waals surface area contributed by atoms with E-state index in [0.717, 1.165) is 0 Å². The van der Waals surface area contributed by atoms with Gasteiger partial charge >= 0.3 is 0 Å². The third kappa shape index (κ3) is 4.64. The first-order valence-corrected chi connectivity index (χ1v) is 10.7. The molecule has 3 N–H and O–H groups in total. The summed E-state index contributed by atoms with van der Waals surface area (Å²) in [5, 5.41) is 4.47. The Balaban J connectivity index is 1.81. The van der Waals surface area contributed by atoms with Gasteiger partial charge in [0.05, 0.1) is 38.8 Å². The van der Waals surface area contributed by atoms with Gasteiger partial charge in [-0.15, -0.1) is 0 Å². The number of aliphatic imine (C=N–C) groups is 2. The Kier molecular flexibility index (Phi) is 6.78. The zero-order valence-electron chi connectivity index (χ0n) is 17.7. The Morgan fingerprint density at radius 3 is 2.38 bits per heavy atom. The molecule has 2 heterocycles. The van der Waals surface area contributed by atoms with E-state index in [1.165, 1.54) is 0 Å². The number of halogens is 2. The van der Waals surface area contributed by atoms with Crippen molar-refractivity contribution in [3.05, 3.63) is 46.4 Å². The summed E-state index contributed by atoms with van der Waals surface area (Å²) in [4.78, 5) is 13.1. The van der Waals surface area contributed by atoms with Crippen LogP contribution in [0.4, 0.5) is 11.4 Å². The van der Waals surface area contributed by atoms with E-state index in [-0.39, 0.29) is 5.96 Å². The number of methoxy groups -OCH3 is 2. The number of ether oxygens (including phenoxy) is 3. The van der Waals surface area contributed by atoms with Gasteiger partial charge in [0.25, 0.3) is 0 Å². The number of hydrogen-bond donors (Lipinski definition) is 2. The number of nitrogens with two attached hydrogens (primary N) is 1. The van der Waals surface area contributed by atoms with Crippen LogP contribution in [0, 0.1) is 0 Å². The smallest absolute Gasteiger partial charge is 0.222 e. The molecule has 4 rings (SSSR count). The van der Waals surface area contributed by atoms with E-state index in [0.29, 0.717) is 65.2 Å². The Bertz CT molecular complexity index is 1040. The third-order valence-corrected chi connectivity index (χ3v) is 5.54. The average Bonchev–Trinajstić information content (AvgIpc) is 2.79. The standard InChI is InChI=1S/C21H24Cl2N6O3/c1-30-17-5-3-13(22)11-15(17)25-20-26-19(24)27-21(28-7-9-32-10-8-28)29(20)16-12-14(23)4-6-18(16)31-2/h3-6,11-12,20,25H,7-10H2,1-2H3,(H2,24,26). The molecule has 11 heteroatoms. The van der Waals surface area contributed by atoms with Crippen LogP contribution < -0.4 is 25.4 Å². The molecule has 0 aliphatic carbocycles. The molecule has 1 fully saturated rings. The lowest BCUT2D eigenvalue weighted by Crippen LogP contribution is -2.57. The van der Waals surface area contributed by atoms with E-state index in [9.17, 15) is 0 Å². The number of benzene rings is 2. The van der Waals surface area contributed by atoms with Crippen LogP contribution in [0.3, 0.4) is 0 Å². The normalized spacial score (nSPS) is 18.7. The van der Waals surface area contributed by atoms with Crippen LogP contribution in [0.1, 0.15) is 0 Å². The first-order valence-electron chi connectivity index (χ1n) is 9.97. The number of anilines is 2. The minimum Gasteiger partial charge on any atom is -0.495 e. The van der Waals surface area contributed by atoms with E-state index in [1.54, 1.807) is 50.6 Å². The summed E-state index contributed by atoms with van der Waals surface area (Å²) < 4.78 is 16.6. The van der Waals surface area contributed by atoms with E-state index in [1.807, 2.05) is 4.90 Å². The maximum atomic E-state index is 6.36. The molecule has 1 unspecified atom stereocenters. The van der Waals surface area contributed by atoms with Crippen molar-refractivity contribution in [2.75, 3.05) is 50.7 Å². The van der Waals surface area contributed by atoms with Gasteiger partial charge in [-0.25, -0.2) is 4.99 Å². The predicted molar refractivity (Wildman–Crippen MR) is 127 cm³/mol. The third-order valence-electron chi connectivity index (χ3n) is 5.07. The summed E-state index contributed by atoms with van der Waals surface area (Å²) in [5.41, 5.74) is 7.47. The summed E-state index contributed by atoms with van der Waals surface area (Å²) in [6, 6.07) is 10.7. The Morgan fingerprint density at radius 2 is 1.69 bits per heavy atom. The minimum absolute atomic E-state index is 0.141. The van der Waals surface area contributed by atoms with Crippen LogP contribution in [-0.4, -0.2) is 63.6 Å². The second-order valence-corrected chi connectivity index (χ2v) is 7.92. The first kappa shape index (κ1) is 22.3. The van der Waals surface area contributed by atoms with Crippen LogP contribution in [-0.2, 0) is 4.74 Å². The molecule has 0 radical (unpaired) electrons. The SMILES string of the molecule is COc1ccc(Cl)cc1NC1N=C(N)N=C(N2CCOCC2)N1c1cc(Cl)ccc1OC. The largest absolute Gasteiger partial charge is 0.495 e. The number of morpholine rings is 1. The van der Waals surface area contributed by atoms with Crippen molar-refractivity contribution in [3.8, 4) is 11.5 Å². The van der Waals surface area contributed by atoms with E-state index >= 15 is 0 Å². The zero-order chi connectivity index (χ0) is 22.7. The van der Waals surface area contributed by atoms with Crippen LogP contribution in [0.5, 0.6) is 11.5 Å². The van der Waals surface area contributed by atoms with Crippen molar-refractivity contribution in [2.24, 2.45) is 15.7 Å². The van der Waals surface area contributed by atoms with Crippen molar-refractivity contribution in [2.45, 2.75) is 6.29 Å². The first-order chi connectivity index (χ1) is 15.5. The molecular formula is C21H24Cl2N6O3. The molecule has 9 nitrogen and oxygen atoms in total. The summed E-state index contributed by atoms with van der Waals surface area (Å²) >= 11 is 12.6. The van der Waals surface area contributed by atoms with Gasteiger partial charge in [-0.2, -0.15) is 4.99 Å². The van der Waals surface area contributed by atoms with Gasteiger partial charge in [0, 0.05) is 23.1 Å². The molecule has 2 aliphatic heterocycles. The Hall–Kier alpha value is -2.88. The fourth-order valence-electron chi connectivity index (χ4n) is 3.58. The summed E-state index contributed by atoms with van der Waals surface area (Å²) in [7, 11) is 3.19. The lowest BCUT2D eigenvalue weighted by atomic mass is 10.2. The summed E-state index contributed by atoms with van der Waals surface area (Å²) in [6.07, 6.45) is -0.676. The molecule has 170 valence electrons. The molecule has 1 saturated heterocycles. The number of guanidine groups is 2. The van der Waals surface area contributed by atoms with Crippen molar-refractivity contribution >= 4 is 46.5 Å². The highest BCUT2D eigenvalue weighted by molar-refractivity contribution is 6.31. The predicted octanol–water partition coefficient (Wildman–Crippen LogP) is 3.23. The Labute approximate surface area is 196 Å². The number of nitrogens with zero attached hydrogens (tertiary/aromatic N) is 4. The van der Waals surface area contributed by atoms with E-state index in [2.05, 4.69) is 20.2 Å². The van der Waals surface area contributed by atoms with Gasteiger partial charge in [-0.1, -0.05) is 23.2 Å². The average molecular weight is 479 g/mol. The lowest BCUT2D eigenvalue weighted by Gasteiger charge is -2.41. The lowest BCUT2D eigenvalue weighted by molar-refractivity contribution is 0.0671. The van der Waals surface area contributed by atoms with Gasteiger partial charge in [-0.3, -0.25) is 4.90 Å². The van der Waals surface area contributed by atoms with Gasteiger partial charge in [0.2, 0.25) is 18.2 Å². The van der Waals surface area contributed by atoms with Gasteiger partial charge < -0.3 is 30.2 Å². The monoisotopic (exact) mass is 478 g/mol. The molecule has 2 aromatic carbocycles. The highest BCUT2D eigenvalue weighted by Gasteiger charge is 2.34. The van der Waals surface area contributed by atoms with Crippen molar-refractivity contribution < 1.29 is 14.2 Å². The molecule has 0 spiro atoms. The molecule has 1 atom stereocenters. The second kappa shape index (κ2) is 9.72. The van der Waals surface area contributed by atoms with Crippen molar-refractivity contribution in [1.29, 1.82) is 0 Å². The highest BCUT2D eigenvalue weighted by atomic mass is 35.5. The van der Waals surface area contributed by atoms with Crippen LogP contribution in [0.15, 0.2) is 46.4 Å². The molecule has 2 aliphatic rings. The quantitative estimate of drug-likeness (QED) is 0.680.